The zero-order valence-electron chi connectivity index (χ0n) is 14.8. The van der Waals surface area contributed by atoms with Crippen LogP contribution in [-0.4, -0.2) is 18.4 Å². The summed E-state index contributed by atoms with van der Waals surface area (Å²) < 4.78 is 42.4. The zero-order valence-corrected chi connectivity index (χ0v) is 16.3. The maximum Gasteiger partial charge on any atom is 0.202 e. The van der Waals surface area contributed by atoms with E-state index >= 15 is 0 Å². The second kappa shape index (κ2) is 7.65. The highest BCUT2D eigenvalue weighted by molar-refractivity contribution is 7.94. The summed E-state index contributed by atoms with van der Waals surface area (Å²) in [4.78, 5) is 8.66. The average molecular weight is 428 g/mol. The Kier molecular flexibility index (Phi) is 5.04. The van der Waals surface area contributed by atoms with Crippen LogP contribution in [0.15, 0.2) is 77.7 Å². The van der Waals surface area contributed by atoms with Crippen molar-refractivity contribution in [3.05, 3.63) is 88.4 Å². The second-order valence-corrected chi connectivity index (χ2v) is 8.08. The van der Waals surface area contributed by atoms with Crippen molar-refractivity contribution < 1.29 is 12.8 Å². The Balaban J connectivity index is 1.77. The minimum absolute atomic E-state index is 0.108. The fourth-order valence-corrected chi connectivity index (χ4v) is 3.65. The van der Waals surface area contributed by atoms with Crippen molar-refractivity contribution >= 4 is 50.0 Å². The summed E-state index contributed by atoms with van der Waals surface area (Å²) in [6, 6.07) is 18.2. The quantitative estimate of drug-likeness (QED) is 0.450. The van der Waals surface area contributed by atoms with Gasteiger partial charge in [0.15, 0.2) is 0 Å². The van der Waals surface area contributed by atoms with Crippen molar-refractivity contribution in [2.24, 2.45) is 0 Å². The Morgan fingerprint density at radius 2 is 1.48 bits per heavy atom. The van der Waals surface area contributed by atoms with Crippen molar-refractivity contribution in [1.82, 2.24) is 9.97 Å². The molecular formula is C20H13ClFN4O2S-. The summed E-state index contributed by atoms with van der Waals surface area (Å²) in [5.41, 5.74) is 1.69. The smallest absolute Gasteiger partial charge is 0.202 e. The van der Waals surface area contributed by atoms with Crippen LogP contribution in [0.2, 0.25) is 5.02 Å². The molecule has 0 spiro atoms. The number of anilines is 2. The Morgan fingerprint density at radius 3 is 2.14 bits per heavy atom. The summed E-state index contributed by atoms with van der Waals surface area (Å²) in [5, 5.41) is 3.58. The molecule has 0 saturated carbocycles. The number of hydrogen-bond donors (Lipinski definition) is 1. The molecule has 4 aromatic rings. The van der Waals surface area contributed by atoms with E-state index in [4.69, 9.17) is 11.6 Å². The third-order valence-corrected chi connectivity index (χ3v) is 5.51. The van der Waals surface area contributed by atoms with Gasteiger partial charge in [0, 0.05) is 10.7 Å². The molecule has 1 aromatic heterocycles. The molecule has 1 N–H and O–H groups in total. The predicted octanol–water partition coefficient (Wildman–Crippen LogP) is 5.56. The summed E-state index contributed by atoms with van der Waals surface area (Å²) in [7, 11) is -4.13. The molecule has 0 aliphatic carbocycles. The monoisotopic (exact) mass is 427 g/mol. The number of sulfonamides is 1. The van der Waals surface area contributed by atoms with Gasteiger partial charge < -0.3 is 15.0 Å². The zero-order chi connectivity index (χ0) is 20.4. The van der Waals surface area contributed by atoms with Gasteiger partial charge >= 0.3 is 0 Å². The first-order valence-corrected chi connectivity index (χ1v) is 10.3. The molecule has 0 aliphatic rings. The summed E-state index contributed by atoms with van der Waals surface area (Å²) >= 11 is 5.91. The van der Waals surface area contributed by atoms with E-state index in [1.54, 1.807) is 48.5 Å². The largest absolute Gasteiger partial charge is 0.431 e. The number of fused-ring (bicyclic) bond motifs is 1. The number of rotatable bonds is 5. The standard InChI is InChI=1S/C20H13ClFN4O2S/c21-13-5-9-15(10-6-13)23-19-20(25-18-4-2-1-3-17(18)24-19)26-29(27,28)16-11-7-14(22)8-12-16/h1-12H,(H-,23,24,25,26)/q-1. The van der Waals surface area contributed by atoms with E-state index in [-0.39, 0.29) is 16.5 Å². The molecule has 146 valence electrons. The average Bonchev–Trinajstić information content (AvgIpc) is 2.70. The lowest BCUT2D eigenvalue weighted by atomic mass is 10.3. The number of halogens is 2. The van der Waals surface area contributed by atoms with Gasteiger partial charge in [-0.25, -0.2) is 17.8 Å². The highest BCUT2D eigenvalue weighted by Gasteiger charge is 2.13. The first-order valence-electron chi connectivity index (χ1n) is 8.44. The van der Waals surface area contributed by atoms with Crippen molar-refractivity contribution in [2.45, 2.75) is 4.90 Å². The van der Waals surface area contributed by atoms with Crippen LogP contribution in [0, 0.1) is 5.82 Å². The molecule has 0 radical (unpaired) electrons. The Morgan fingerprint density at radius 1 is 0.862 bits per heavy atom. The first kappa shape index (κ1) is 19.1. The van der Waals surface area contributed by atoms with Gasteiger partial charge in [-0.3, -0.25) is 0 Å². The molecule has 29 heavy (non-hydrogen) atoms. The van der Waals surface area contributed by atoms with E-state index in [9.17, 15) is 12.8 Å². The van der Waals surface area contributed by atoms with E-state index in [1.807, 2.05) is 0 Å². The fourth-order valence-electron chi connectivity index (χ4n) is 2.58. The minimum Gasteiger partial charge on any atom is -0.431 e. The van der Waals surface area contributed by atoms with Gasteiger partial charge in [0.2, 0.25) is 10.0 Å². The van der Waals surface area contributed by atoms with Crippen molar-refractivity contribution in [2.75, 3.05) is 5.32 Å². The Labute approximate surface area is 171 Å². The molecule has 0 unspecified atom stereocenters. The van der Waals surface area contributed by atoms with Crippen LogP contribution < -0.4 is 5.32 Å². The van der Waals surface area contributed by atoms with Crippen LogP contribution in [-0.2, 0) is 10.0 Å². The lowest BCUT2D eigenvalue weighted by Crippen LogP contribution is -2.02. The van der Waals surface area contributed by atoms with Gasteiger partial charge in [-0.1, -0.05) is 29.8 Å². The Hall–Kier alpha value is -3.23. The summed E-state index contributed by atoms with van der Waals surface area (Å²) in [6.07, 6.45) is 0. The molecule has 0 bridgehead atoms. The van der Waals surface area contributed by atoms with Gasteiger partial charge in [-0.15, -0.1) is 0 Å². The molecule has 9 heteroatoms. The van der Waals surface area contributed by atoms with E-state index in [2.05, 4.69) is 20.0 Å². The normalized spacial score (nSPS) is 11.4. The van der Waals surface area contributed by atoms with Crippen LogP contribution in [0.3, 0.4) is 0 Å². The van der Waals surface area contributed by atoms with E-state index in [0.29, 0.717) is 21.7 Å². The minimum atomic E-state index is -4.13. The van der Waals surface area contributed by atoms with Crippen molar-refractivity contribution in [1.29, 1.82) is 0 Å². The van der Waals surface area contributed by atoms with Crippen LogP contribution in [0.1, 0.15) is 0 Å². The maximum atomic E-state index is 13.1. The highest BCUT2D eigenvalue weighted by Crippen LogP contribution is 2.34. The molecule has 0 fully saturated rings. The maximum absolute atomic E-state index is 13.1. The molecule has 0 amide bonds. The van der Waals surface area contributed by atoms with Crippen LogP contribution in [0.5, 0.6) is 0 Å². The van der Waals surface area contributed by atoms with Gasteiger partial charge in [0.05, 0.1) is 10.4 Å². The summed E-state index contributed by atoms with van der Waals surface area (Å²) in [6.45, 7) is 0. The number of aromatic nitrogens is 2. The lowest BCUT2D eigenvalue weighted by Gasteiger charge is -2.21. The van der Waals surface area contributed by atoms with E-state index in [1.165, 1.54) is 0 Å². The van der Waals surface area contributed by atoms with Crippen molar-refractivity contribution in [3.8, 4) is 0 Å². The number of nitrogens with zero attached hydrogens (tertiary/aromatic N) is 3. The summed E-state index contributed by atoms with van der Waals surface area (Å²) in [5.74, 6) is -0.487. The van der Waals surface area contributed by atoms with Gasteiger partial charge in [0.1, 0.15) is 11.6 Å². The molecular weight excluding hydrogens is 415 g/mol. The van der Waals surface area contributed by atoms with Gasteiger partial charge in [-0.05, 0) is 65.9 Å². The number of benzene rings is 3. The molecule has 3 aromatic carbocycles. The SMILES string of the molecule is O=S(=O)([N-]c1nc2ccccc2nc1Nc1ccc(Cl)cc1)c1ccc(F)cc1. The second-order valence-electron chi connectivity index (χ2n) is 6.04. The number of nitrogens with one attached hydrogen (secondary N) is 1. The Bertz CT molecular complexity index is 1280. The molecule has 0 atom stereocenters. The third kappa shape index (κ3) is 4.28. The topological polar surface area (TPSA) is 86.1 Å². The molecule has 1 heterocycles. The third-order valence-electron chi connectivity index (χ3n) is 3.98. The first-order chi connectivity index (χ1) is 13.9. The molecule has 0 saturated heterocycles. The van der Waals surface area contributed by atoms with E-state index in [0.717, 1.165) is 24.3 Å². The van der Waals surface area contributed by atoms with Crippen molar-refractivity contribution in [3.63, 3.8) is 0 Å². The van der Waals surface area contributed by atoms with Gasteiger partial charge in [0.25, 0.3) is 0 Å². The fraction of sp³-hybridized carbons (Fsp3) is 0. The highest BCUT2D eigenvalue weighted by atomic mass is 35.5. The number of hydrogen-bond acceptors (Lipinski definition) is 5. The van der Waals surface area contributed by atoms with Gasteiger partial charge in [-0.2, -0.15) is 0 Å². The van der Waals surface area contributed by atoms with Crippen LogP contribution in [0.4, 0.5) is 21.7 Å². The van der Waals surface area contributed by atoms with Crippen LogP contribution in [0.25, 0.3) is 15.8 Å². The molecule has 0 aliphatic heterocycles. The molecule has 4 rings (SSSR count). The lowest BCUT2D eigenvalue weighted by molar-refractivity contribution is 0.601. The van der Waals surface area contributed by atoms with E-state index < -0.39 is 15.8 Å². The van der Waals surface area contributed by atoms with Crippen LogP contribution >= 0.6 is 11.6 Å². The molecule has 6 nitrogen and oxygen atoms in total. The number of para-hydroxylation sites is 2. The predicted molar refractivity (Wildman–Crippen MR) is 111 cm³/mol.